The lowest BCUT2D eigenvalue weighted by Crippen LogP contribution is -2.23. The van der Waals surface area contributed by atoms with Gasteiger partial charge in [0.25, 0.3) is 0 Å². The van der Waals surface area contributed by atoms with Crippen molar-refractivity contribution < 1.29 is 17.6 Å². The molecule has 0 aliphatic carbocycles. The maximum absolute atomic E-state index is 13.7. The highest BCUT2D eigenvalue weighted by Crippen LogP contribution is 2.30. The van der Waals surface area contributed by atoms with E-state index < -0.39 is 29.4 Å². The van der Waals surface area contributed by atoms with E-state index in [9.17, 15) is 17.6 Å². The van der Waals surface area contributed by atoms with Crippen molar-refractivity contribution in [2.75, 3.05) is 0 Å². The number of benzene rings is 1. The Morgan fingerprint density at radius 1 is 1.22 bits per heavy atom. The quantitative estimate of drug-likeness (QED) is 0.827. The Kier molecular flexibility index (Phi) is 3.06. The van der Waals surface area contributed by atoms with Crippen molar-refractivity contribution in [2.24, 2.45) is 5.73 Å². The molecule has 0 bridgehead atoms. The summed E-state index contributed by atoms with van der Waals surface area (Å²) in [7, 11) is 0. The number of nitrogens with zero attached hydrogens (tertiary/aromatic N) is 1. The largest absolute Gasteiger partial charge is 0.326 e. The highest BCUT2D eigenvalue weighted by atomic mass is 19.2. The number of aromatic nitrogens is 1. The lowest BCUT2D eigenvalue weighted by atomic mass is 10.1. The molecule has 2 nitrogen and oxygen atoms in total. The molecule has 98 valence electrons. The summed E-state index contributed by atoms with van der Waals surface area (Å²) in [4.78, 5) is 0. The number of aryl methyl sites for hydroxylation is 1. The van der Waals surface area contributed by atoms with Gasteiger partial charge in [-0.15, -0.1) is 0 Å². The number of hydrogen-bond acceptors (Lipinski definition) is 1. The molecule has 0 aliphatic heterocycles. The Labute approximate surface area is 101 Å². The molecule has 1 heterocycles. The van der Waals surface area contributed by atoms with Gasteiger partial charge in [0.05, 0.1) is 5.52 Å². The molecule has 18 heavy (non-hydrogen) atoms. The van der Waals surface area contributed by atoms with Crippen molar-refractivity contribution in [2.45, 2.75) is 26.4 Å². The van der Waals surface area contributed by atoms with Crippen molar-refractivity contribution in [1.82, 2.24) is 4.57 Å². The maximum Gasteiger partial charge on any atom is 0.230 e. The fourth-order valence-electron chi connectivity index (χ4n) is 2.02. The topological polar surface area (TPSA) is 30.9 Å². The number of nitrogens with two attached hydrogens (primary N) is 1. The van der Waals surface area contributed by atoms with Gasteiger partial charge in [-0.25, -0.2) is 13.2 Å². The van der Waals surface area contributed by atoms with Crippen LogP contribution in [0.3, 0.4) is 0 Å². The molecule has 2 aromatic rings. The minimum atomic E-state index is -1.18. The second-order valence-electron chi connectivity index (χ2n) is 4.38. The average molecular weight is 260 g/mol. The molecule has 0 amide bonds. The molecule has 0 spiro atoms. The van der Waals surface area contributed by atoms with Crippen LogP contribution in [0.25, 0.3) is 10.9 Å². The van der Waals surface area contributed by atoms with Gasteiger partial charge in [0, 0.05) is 29.6 Å². The van der Waals surface area contributed by atoms with E-state index in [1.54, 1.807) is 6.92 Å². The van der Waals surface area contributed by atoms with Crippen molar-refractivity contribution in [3.8, 4) is 0 Å². The first kappa shape index (κ1) is 12.9. The number of rotatable bonds is 2. The first-order chi connectivity index (χ1) is 8.34. The van der Waals surface area contributed by atoms with Crippen LogP contribution in [0.4, 0.5) is 17.6 Å². The summed E-state index contributed by atoms with van der Waals surface area (Å²) in [6.45, 7) is 2.80. The Balaban J connectivity index is 2.84. The normalized spacial score (nSPS) is 13.3. The van der Waals surface area contributed by atoms with Gasteiger partial charge in [0.1, 0.15) is 0 Å². The van der Waals surface area contributed by atoms with E-state index in [2.05, 4.69) is 0 Å². The van der Waals surface area contributed by atoms with Crippen LogP contribution in [0.2, 0.25) is 0 Å². The summed E-state index contributed by atoms with van der Waals surface area (Å²) in [6, 6.07) is 0.342. The number of hydrogen-bond donors (Lipinski definition) is 1. The van der Waals surface area contributed by atoms with E-state index in [0.717, 1.165) is 10.6 Å². The molecule has 0 fully saturated rings. The Morgan fingerprint density at radius 3 is 2.39 bits per heavy atom. The molecule has 2 N–H and O–H groups in total. The molecule has 0 radical (unpaired) electrons. The van der Waals surface area contributed by atoms with Gasteiger partial charge in [-0.05, 0) is 13.8 Å². The third kappa shape index (κ3) is 1.77. The van der Waals surface area contributed by atoms with E-state index in [1.165, 1.54) is 6.92 Å². The zero-order valence-electron chi connectivity index (χ0n) is 9.90. The fraction of sp³-hybridized carbons (Fsp3) is 0.333. The first-order valence-corrected chi connectivity index (χ1v) is 5.42. The lowest BCUT2D eigenvalue weighted by Gasteiger charge is -2.09. The monoisotopic (exact) mass is 260 g/mol. The van der Waals surface area contributed by atoms with E-state index in [1.807, 2.05) is 0 Å². The third-order valence-electron chi connectivity index (χ3n) is 2.83. The highest BCUT2D eigenvalue weighted by Gasteiger charge is 2.23. The molecule has 6 heteroatoms. The summed E-state index contributed by atoms with van der Waals surface area (Å²) in [6.07, 6.45) is 0. The summed E-state index contributed by atoms with van der Waals surface area (Å²) in [5, 5.41) is -0.243. The van der Waals surface area contributed by atoms with Gasteiger partial charge >= 0.3 is 0 Å². The van der Waals surface area contributed by atoms with E-state index >= 15 is 0 Å². The minimum absolute atomic E-state index is 0.0171. The molecule has 1 aromatic carbocycles. The summed E-state index contributed by atoms with van der Waals surface area (Å²) < 4.78 is 55.0. The second kappa shape index (κ2) is 4.28. The zero-order valence-corrected chi connectivity index (χ0v) is 9.90. The molecule has 1 aromatic heterocycles. The van der Waals surface area contributed by atoms with E-state index in [4.69, 9.17) is 5.73 Å². The number of fused-ring (bicyclic) bond motifs is 1. The summed E-state index contributed by atoms with van der Waals surface area (Å²) in [5.74, 6) is -4.64. The lowest BCUT2D eigenvalue weighted by molar-refractivity contribution is 0.430. The van der Waals surface area contributed by atoms with Crippen LogP contribution >= 0.6 is 0 Å². The van der Waals surface area contributed by atoms with Crippen LogP contribution in [-0.2, 0) is 6.54 Å². The molecular weight excluding hydrogens is 248 g/mol. The molecule has 1 atom stereocenters. The van der Waals surface area contributed by atoms with Gasteiger partial charge in [-0.3, -0.25) is 0 Å². The van der Waals surface area contributed by atoms with Gasteiger partial charge < -0.3 is 10.3 Å². The second-order valence-corrected chi connectivity index (χ2v) is 4.38. The fourth-order valence-corrected chi connectivity index (χ4v) is 2.02. The summed E-state index contributed by atoms with van der Waals surface area (Å²) in [5.41, 5.74) is 5.25. The van der Waals surface area contributed by atoms with Crippen LogP contribution < -0.4 is 5.73 Å². The van der Waals surface area contributed by atoms with E-state index in [-0.39, 0.29) is 23.0 Å². The Hall–Kier alpha value is -1.56. The first-order valence-electron chi connectivity index (χ1n) is 5.42. The maximum atomic E-state index is 13.7. The third-order valence-corrected chi connectivity index (χ3v) is 2.83. The molecule has 0 saturated heterocycles. The van der Waals surface area contributed by atoms with Crippen LogP contribution in [0.5, 0.6) is 0 Å². The Morgan fingerprint density at radius 2 is 1.83 bits per heavy atom. The van der Waals surface area contributed by atoms with Crippen molar-refractivity contribution in [1.29, 1.82) is 0 Å². The van der Waals surface area contributed by atoms with Gasteiger partial charge in [-0.2, -0.15) is 4.39 Å². The van der Waals surface area contributed by atoms with Crippen molar-refractivity contribution >= 4 is 10.9 Å². The van der Waals surface area contributed by atoms with Gasteiger partial charge in [0.2, 0.25) is 5.95 Å². The summed E-state index contributed by atoms with van der Waals surface area (Å²) >= 11 is 0. The van der Waals surface area contributed by atoms with Crippen LogP contribution in [0.15, 0.2) is 6.07 Å². The average Bonchev–Trinajstić information content (AvgIpc) is 2.51. The number of halogens is 4. The highest BCUT2D eigenvalue weighted by molar-refractivity contribution is 5.84. The minimum Gasteiger partial charge on any atom is -0.326 e. The predicted molar refractivity (Wildman–Crippen MR) is 60.2 cm³/mol. The Bertz CT molecular complexity index is 617. The molecule has 0 aliphatic rings. The molecule has 0 saturated carbocycles. The van der Waals surface area contributed by atoms with Crippen LogP contribution in [-0.4, -0.2) is 10.6 Å². The van der Waals surface area contributed by atoms with Gasteiger partial charge in [0.15, 0.2) is 17.5 Å². The van der Waals surface area contributed by atoms with Crippen LogP contribution in [0.1, 0.15) is 12.5 Å². The van der Waals surface area contributed by atoms with Crippen molar-refractivity contribution in [3.63, 3.8) is 0 Å². The van der Waals surface area contributed by atoms with E-state index in [0.29, 0.717) is 0 Å². The zero-order chi connectivity index (χ0) is 13.6. The smallest absolute Gasteiger partial charge is 0.230 e. The molecular formula is C12H12F4N2. The van der Waals surface area contributed by atoms with Crippen molar-refractivity contribution in [3.05, 3.63) is 35.0 Å². The SMILES string of the molecule is Cc1c(F)c(F)cc2c1c(F)c(F)n2C[C@H](C)N. The predicted octanol–water partition coefficient (Wildman–Crippen LogP) is 2.85. The molecule has 0 unspecified atom stereocenters. The van der Waals surface area contributed by atoms with Gasteiger partial charge in [-0.1, -0.05) is 0 Å². The van der Waals surface area contributed by atoms with Crippen LogP contribution in [0, 0.1) is 30.3 Å². The molecule has 2 rings (SSSR count). The standard InChI is InChI=1S/C12H12F4N2/c1-5(17)4-18-8-3-7(13)10(14)6(2)9(8)11(15)12(18)16/h3,5H,4,17H2,1-2H3/t5-/m0/s1.